The van der Waals surface area contributed by atoms with Crippen LogP contribution in [0.5, 0.6) is 5.75 Å². The standard InChI is InChI=1S/C20H16FN3O2S/c21-10-13-5-1-2-6-14(13)11-26-17-9-18(27-19(17)20(22)25)24-12-23-15-7-3-4-8-16(15)24/h1-9,12H,10-11H2,(H2,22,25). The minimum atomic E-state index is -0.571. The van der Waals surface area contributed by atoms with Gasteiger partial charge < -0.3 is 10.5 Å². The molecule has 2 heterocycles. The highest BCUT2D eigenvalue weighted by Gasteiger charge is 2.18. The van der Waals surface area contributed by atoms with Crippen molar-refractivity contribution >= 4 is 28.3 Å². The van der Waals surface area contributed by atoms with Crippen molar-refractivity contribution in [1.29, 1.82) is 0 Å². The number of carbonyl (C=O) groups excluding carboxylic acids is 1. The predicted octanol–water partition coefficient (Wildman–Crippen LogP) is 4.23. The Labute approximate surface area is 158 Å². The number of nitrogens with two attached hydrogens (primary N) is 1. The van der Waals surface area contributed by atoms with Crippen LogP contribution in [0.1, 0.15) is 20.8 Å². The van der Waals surface area contributed by atoms with Crippen LogP contribution in [0.4, 0.5) is 4.39 Å². The molecule has 136 valence electrons. The lowest BCUT2D eigenvalue weighted by atomic mass is 10.1. The number of thiophene rings is 1. The molecule has 0 unspecified atom stereocenters. The molecule has 4 aromatic rings. The van der Waals surface area contributed by atoms with Gasteiger partial charge >= 0.3 is 0 Å². The maximum Gasteiger partial charge on any atom is 0.262 e. The lowest BCUT2D eigenvalue weighted by molar-refractivity contribution is 0.1000. The number of alkyl halides is 1. The maximum atomic E-state index is 13.1. The molecule has 1 amide bonds. The summed E-state index contributed by atoms with van der Waals surface area (Å²) < 4.78 is 20.8. The first-order valence-corrected chi connectivity index (χ1v) is 9.10. The van der Waals surface area contributed by atoms with Crippen LogP contribution < -0.4 is 10.5 Å². The van der Waals surface area contributed by atoms with Crippen LogP contribution in [0.15, 0.2) is 60.9 Å². The lowest BCUT2D eigenvalue weighted by Gasteiger charge is -2.08. The Balaban J connectivity index is 1.68. The monoisotopic (exact) mass is 381 g/mol. The maximum absolute atomic E-state index is 13.1. The van der Waals surface area contributed by atoms with Gasteiger partial charge in [0.1, 0.15) is 35.2 Å². The Bertz CT molecular complexity index is 1120. The van der Waals surface area contributed by atoms with Gasteiger partial charge in [0.2, 0.25) is 0 Å². The normalized spacial score (nSPS) is 11.0. The fraction of sp³-hybridized carbons (Fsp3) is 0.100. The second kappa shape index (κ2) is 7.20. The minimum absolute atomic E-state index is 0.154. The van der Waals surface area contributed by atoms with Crippen molar-refractivity contribution in [1.82, 2.24) is 9.55 Å². The van der Waals surface area contributed by atoms with E-state index in [4.69, 9.17) is 10.5 Å². The smallest absolute Gasteiger partial charge is 0.262 e. The van der Waals surface area contributed by atoms with Crippen LogP contribution in [0, 0.1) is 0 Å². The molecule has 2 aromatic heterocycles. The molecule has 0 aliphatic heterocycles. The van der Waals surface area contributed by atoms with Gasteiger partial charge in [0.25, 0.3) is 5.91 Å². The molecule has 0 saturated carbocycles. The number of hydrogen-bond acceptors (Lipinski definition) is 4. The van der Waals surface area contributed by atoms with E-state index in [2.05, 4.69) is 4.98 Å². The number of ether oxygens (including phenoxy) is 1. The molecule has 0 aliphatic carbocycles. The summed E-state index contributed by atoms with van der Waals surface area (Å²) in [5, 5.41) is 0.770. The first-order chi connectivity index (χ1) is 13.2. The lowest BCUT2D eigenvalue weighted by Crippen LogP contribution is -2.10. The molecule has 5 nitrogen and oxygen atoms in total. The van der Waals surface area contributed by atoms with E-state index in [0.29, 0.717) is 16.2 Å². The Morgan fingerprint density at radius 1 is 1.15 bits per heavy atom. The van der Waals surface area contributed by atoms with Crippen molar-refractivity contribution in [2.45, 2.75) is 13.3 Å². The van der Waals surface area contributed by atoms with Crippen molar-refractivity contribution in [3.8, 4) is 10.8 Å². The van der Waals surface area contributed by atoms with Gasteiger partial charge in [-0.3, -0.25) is 9.36 Å². The van der Waals surface area contributed by atoms with Crippen molar-refractivity contribution in [2.24, 2.45) is 5.73 Å². The summed E-state index contributed by atoms with van der Waals surface area (Å²) >= 11 is 1.23. The topological polar surface area (TPSA) is 70.1 Å². The highest BCUT2D eigenvalue weighted by atomic mass is 32.1. The number of primary amides is 1. The van der Waals surface area contributed by atoms with Crippen LogP contribution in [-0.4, -0.2) is 15.5 Å². The highest BCUT2D eigenvalue weighted by molar-refractivity contribution is 7.16. The molecule has 27 heavy (non-hydrogen) atoms. The number of benzene rings is 2. The molecule has 0 spiro atoms. The van der Waals surface area contributed by atoms with E-state index < -0.39 is 12.6 Å². The van der Waals surface area contributed by atoms with Crippen molar-refractivity contribution < 1.29 is 13.9 Å². The van der Waals surface area contributed by atoms with E-state index in [1.165, 1.54) is 11.3 Å². The summed E-state index contributed by atoms with van der Waals surface area (Å²) in [5.74, 6) is -0.182. The number of nitrogens with zero attached hydrogens (tertiary/aromatic N) is 2. The first-order valence-electron chi connectivity index (χ1n) is 8.29. The fourth-order valence-corrected chi connectivity index (χ4v) is 3.82. The quantitative estimate of drug-likeness (QED) is 0.543. The number of imidazole rings is 1. The van der Waals surface area contributed by atoms with Crippen molar-refractivity contribution in [3.05, 3.63) is 76.9 Å². The van der Waals surface area contributed by atoms with Gasteiger partial charge in [-0.05, 0) is 23.3 Å². The van der Waals surface area contributed by atoms with Gasteiger partial charge in [0.15, 0.2) is 0 Å². The fourth-order valence-electron chi connectivity index (χ4n) is 2.88. The molecular formula is C20H16FN3O2S. The summed E-state index contributed by atoms with van der Waals surface area (Å²) in [7, 11) is 0. The van der Waals surface area contributed by atoms with Gasteiger partial charge in [-0.1, -0.05) is 36.4 Å². The molecule has 0 atom stereocenters. The zero-order chi connectivity index (χ0) is 18.8. The number of para-hydroxylation sites is 2. The zero-order valence-corrected chi connectivity index (χ0v) is 15.1. The van der Waals surface area contributed by atoms with Gasteiger partial charge in [0, 0.05) is 6.07 Å². The second-order valence-corrected chi connectivity index (χ2v) is 6.97. The molecule has 2 aromatic carbocycles. The van der Waals surface area contributed by atoms with E-state index in [1.807, 2.05) is 34.9 Å². The third kappa shape index (κ3) is 3.29. The average Bonchev–Trinajstić information content (AvgIpc) is 3.30. The minimum Gasteiger partial charge on any atom is -0.487 e. The Hall–Kier alpha value is -3.19. The van der Waals surface area contributed by atoms with Crippen LogP contribution in [0.3, 0.4) is 0 Å². The van der Waals surface area contributed by atoms with E-state index in [1.54, 1.807) is 30.6 Å². The average molecular weight is 381 g/mol. The highest BCUT2D eigenvalue weighted by Crippen LogP contribution is 2.34. The van der Waals surface area contributed by atoms with E-state index in [-0.39, 0.29) is 6.61 Å². The van der Waals surface area contributed by atoms with Crippen LogP contribution in [0.2, 0.25) is 0 Å². The van der Waals surface area contributed by atoms with Crippen LogP contribution in [-0.2, 0) is 13.3 Å². The number of hydrogen-bond donors (Lipinski definition) is 1. The largest absolute Gasteiger partial charge is 0.487 e. The molecule has 7 heteroatoms. The summed E-state index contributed by atoms with van der Waals surface area (Å²) in [5.41, 5.74) is 8.60. The van der Waals surface area contributed by atoms with Crippen molar-refractivity contribution in [3.63, 3.8) is 0 Å². The van der Waals surface area contributed by atoms with Crippen molar-refractivity contribution in [2.75, 3.05) is 0 Å². The molecule has 0 fully saturated rings. The number of amides is 1. The SMILES string of the molecule is NC(=O)c1sc(-n2cnc3ccccc32)cc1OCc1ccccc1CF. The van der Waals surface area contributed by atoms with Gasteiger partial charge in [-0.15, -0.1) is 11.3 Å². The molecule has 4 rings (SSSR count). The third-order valence-corrected chi connectivity index (χ3v) is 5.38. The number of aromatic nitrogens is 2. The Kier molecular flexibility index (Phi) is 4.60. The summed E-state index contributed by atoms with van der Waals surface area (Å²) in [6.45, 7) is -0.417. The summed E-state index contributed by atoms with van der Waals surface area (Å²) in [6.07, 6.45) is 1.70. The summed E-state index contributed by atoms with van der Waals surface area (Å²) in [6, 6.07) is 16.6. The van der Waals surface area contributed by atoms with E-state index in [9.17, 15) is 9.18 Å². The zero-order valence-electron chi connectivity index (χ0n) is 14.3. The van der Waals surface area contributed by atoms with Crippen LogP contribution >= 0.6 is 11.3 Å². The van der Waals surface area contributed by atoms with E-state index in [0.717, 1.165) is 21.6 Å². The Morgan fingerprint density at radius 3 is 2.67 bits per heavy atom. The number of rotatable bonds is 6. The first kappa shape index (κ1) is 17.2. The van der Waals surface area contributed by atoms with E-state index >= 15 is 0 Å². The van der Waals surface area contributed by atoms with Crippen LogP contribution in [0.25, 0.3) is 16.0 Å². The number of halogens is 1. The molecular weight excluding hydrogens is 365 g/mol. The molecule has 0 saturated heterocycles. The molecule has 0 bridgehead atoms. The molecule has 0 radical (unpaired) electrons. The summed E-state index contributed by atoms with van der Waals surface area (Å²) in [4.78, 5) is 16.6. The predicted molar refractivity (Wildman–Crippen MR) is 103 cm³/mol. The third-order valence-electron chi connectivity index (χ3n) is 4.25. The molecule has 2 N–H and O–H groups in total. The molecule has 0 aliphatic rings. The van der Waals surface area contributed by atoms with Gasteiger partial charge in [-0.2, -0.15) is 0 Å². The van der Waals surface area contributed by atoms with Gasteiger partial charge in [-0.25, -0.2) is 9.37 Å². The van der Waals surface area contributed by atoms with Gasteiger partial charge in [0.05, 0.1) is 11.0 Å². The number of fused-ring (bicyclic) bond motifs is 1. The number of carbonyl (C=O) groups is 1. The Morgan fingerprint density at radius 2 is 1.89 bits per heavy atom. The second-order valence-electron chi connectivity index (χ2n) is 5.94.